The van der Waals surface area contributed by atoms with E-state index in [-0.39, 0.29) is 22.9 Å². The molecule has 1 aromatic rings. The van der Waals surface area contributed by atoms with Gasteiger partial charge in [0.2, 0.25) is 0 Å². The zero-order valence-electron chi connectivity index (χ0n) is 7.51. The van der Waals surface area contributed by atoms with E-state index >= 15 is 0 Å². The van der Waals surface area contributed by atoms with Crippen molar-refractivity contribution in [1.82, 2.24) is 0 Å². The first-order valence-electron chi connectivity index (χ1n) is 3.98. The quantitative estimate of drug-likeness (QED) is 0.611. The third kappa shape index (κ3) is 2.14. The van der Waals surface area contributed by atoms with Crippen molar-refractivity contribution in [2.75, 3.05) is 12.3 Å². The van der Waals surface area contributed by atoms with Crippen molar-refractivity contribution >= 4 is 23.3 Å². The molecule has 0 aliphatic rings. The Bertz CT molecular complexity index is 368. The molecule has 0 saturated heterocycles. The number of ether oxygens (including phenoxy) is 1. The van der Waals surface area contributed by atoms with Gasteiger partial charge in [0.05, 0.1) is 17.9 Å². The van der Waals surface area contributed by atoms with Crippen LogP contribution in [-0.2, 0) is 4.74 Å². The highest BCUT2D eigenvalue weighted by atomic mass is 35.5. The molecule has 0 heterocycles. The van der Waals surface area contributed by atoms with Gasteiger partial charge in [-0.25, -0.2) is 9.18 Å². The molecule has 2 N–H and O–H groups in total. The van der Waals surface area contributed by atoms with Crippen molar-refractivity contribution in [1.29, 1.82) is 0 Å². The van der Waals surface area contributed by atoms with Gasteiger partial charge in [0, 0.05) is 5.02 Å². The van der Waals surface area contributed by atoms with E-state index in [1.54, 1.807) is 6.92 Å². The predicted molar refractivity (Wildman–Crippen MR) is 51.8 cm³/mol. The second-order valence-corrected chi connectivity index (χ2v) is 3.01. The van der Waals surface area contributed by atoms with Gasteiger partial charge in [-0.1, -0.05) is 11.6 Å². The molecule has 5 heteroatoms. The third-order valence-electron chi connectivity index (χ3n) is 1.56. The van der Waals surface area contributed by atoms with E-state index in [0.29, 0.717) is 0 Å². The molecule has 0 aliphatic carbocycles. The average molecular weight is 218 g/mol. The summed E-state index contributed by atoms with van der Waals surface area (Å²) in [6, 6.07) is 2.42. The fourth-order valence-electron chi connectivity index (χ4n) is 0.968. The lowest BCUT2D eigenvalue weighted by Gasteiger charge is -2.05. The second-order valence-electron chi connectivity index (χ2n) is 2.58. The zero-order chi connectivity index (χ0) is 10.7. The summed E-state index contributed by atoms with van der Waals surface area (Å²) >= 11 is 5.61. The molecule has 14 heavy (non-hydrogen) atoms. The van der Waals surface area contributed by atoms with E-state index in [9.17, 15) is 9.18 Å². The number of nitrogens with two attached hydrogens (primary N) is 1. The zero-order valence-corrected chi connectivity index (χ0v) is 8.27. The van der Waals surface area contributed by atoms with Crippen LogP contribution in [0.15, 0.2) is 12.1 Å². The minimum absolute atomic E-state index is 0.166. The van der Waals surface area contributed by atoms with Gasteiger partial charge in [-0.3, -0.25) is 0 Å². The lowest BCUT2D eigenvalue weighted by Crippen LogP contribution is -2.08. The number of esters is 1. The van der Waals surface area contributed by atoms with Crippen LogP contribution in [0.4, 0.5) is 10.1 Å². The number of hydrogen-bond acceptors (Lipinski definition) is 3. The van der Waals surface area contributed by atoms with Crippen LogP contribution in [0, 0.1) is 5.82 Å². The van der Waals surface area contributed by atoms with Crippen molar-refractivity contribution in [3.63, 3.8) is 0 Å². The van der Waals surface area contributed by atoms with Gasteiger partial charge in [-0.15, -0.1) is 0 Å². The van der Waals surface area contributed by atoms with Crippen LogP contribution in [0.1, 0.15) is 17.3 Å². The smallest absolute Gasteiger partial charge is 0.341 e. The molecule has 0 amide bonds. The highest BCUT2D eigenvalue weighted by Crippen LogP contribution is 2.22. The van der Waals surface area contributed by atoms with Gasteiger partial charge >= 0.3 is 5.97 Å². The number of carbonyl (C=O) groups is 1. The fraction of sp³-hybridized carbons (Fsp3) is 0.222. The minimum Gasteiger partial charge on any atom is -0.462 e. The summed E-state index contributed by atoms with van der Waals surface area (Å²) in [7, 11) is 0. The van der Waals surface area contributed by atoms with E-state index in [2.05, 4.69) is 4.74 Å². The Labute approximate surface area is 85.6 Å². The number of hydrogen-bond donors (Lipinski definition) is 1. The SMILES string of the molecule is CCOC(=O)c1cc(Cl)cc(N)c1F. The average Bonchev–Trinajstić information content (AvgIpc) is 2.11. The Kier molecular flexibility index (Phi) is 3.30. The van der Waals surface area contributed by atoms with Crippen LogP contribution in [-0.4, -0.2) is 12.6 Å². The summed E-state index contributed by atoms with van der Waals surface area (Å²) in [6.45, 7) is 1.80. The van der Waals surface area contributed by atoms with Gasteiger partial charge in [0.15, 0.2) is 5.82 Å². The minimum atomic E-state index is -0.798. The molecular weight excluding hydrogens is 209 g/mol. The highest BCUT2D eigenvalue weighted by Gasteiger charge is 2.16. The van der Waals surface area contributed by atoms with Crippen molar-refractivity contribution in [2.24, 2.45) is 0 Å². The van der Waals surface area contributed by atoms with Crippen LogP contribution in [0.25, 0.3) is 0 Å². The number of rotatable bonds is 2. The standard InChI is InChI=1S/C9H9ClFNO2/c1-2-14-9(13)6-3-5(10)4-7(12)8(6)11/h3-4H,2,12H2,1H3. The van der Waals surface area contributed by atoms with Crippen LogP contribution >= 0.6 is 11.6 Å². The van der Waals surface area contributed by atoms with Gasteiger partial charge in [-0.2, -0.15) is 0 Å². The van der Waals surface area contributed by atoms with Crippen molar-refractivity contribution in [3.05, 3.63) is 28.5 Å². The topological polar surface area (TPSA) is 52.3 Å². The number of carbonyl (C=O) groups excluding carboxylic acids is 1. The molecule has 1 rings (SSSR count). The largest absolute Gasteiger partial charge is 0.462 e. The lowest BCUT2D eigenvalue weighted by molar-refractivity contribution is 0.0521. The number of nitrogen functional groups attached to an aromatic ring is 1. The van der Waals surface area contributed by atoms with Gasteiger partial charge in [-0.05, 0) is 19.1 Å². The summed E-state index contributed by atoms with van der Waals surface area (Å²) in [5.41, 5.74) is 4.88. The number of halogens is 2. The van der Waals surface area contributed by atoms with E-state index in [4.69, 9.17) is 17.3 Å². The molecule has 0 unspecified atom stereocenters. The lowest BCUT2D eigenvalue weighted by atomic mass is 10.2. The van der Waals surface area contributed by atoms with Crippen LogP contribution in [0.2, 0.25) is 5.02 Å². The van der Waals surface area contributed by atoms with Crippen LogP contribution in [0.3, 0.4) is 0 Å². The first-order chi connectivity index (χ1) is 6.56. The fourth-order valence-corrected chi connectivity index (χ4v) is 1.19. The molecular formula is C9H9ClFNO2. The summed E-state index contributed by atoms with van der Waals surface area (Å²) in [6.07, 6.45) is 0. The third-order valence-corrected chi connectivity index (χ3v) is 1.78. The molecule has 3 nitrogen and oxygen atoms in total. The highest BCUT2D eigenvalue weighted by molar-refractivity contribution is 6.31. The predicted octanol–water partition coefficient (Wildman–Crippen LogP) is 2.24. The maximum Gasteiger partial charge on any atom is 0.341 e. The molecule has 0 radical (unpaired) electrons. The van der Waals surface area contributed by atoms with Crippen LogP contribution < -0.4 is 5.73 Å². The number of anilines is 1. The molecule has 0 spiro atoms. The summed E-state index contributed by atoms with van der Waals surface area (Å²) in [5, 5.41) is 0.201. The maximum absolute atomic E-state index is 13.3. The molecule has 0 saturated carbocycles. The Morgan fingerprint density at radius 3 is 2.86 bits per heavy atom. The second kappa shape index (κ2) is 4.28. The van der Waals surface area contributed by atoms with Gasteiger partial charge in [0.25, 0.3) is 0 Å². The Hall–Kier alpha value is -1.29. The molecule has 76 valence electrons. The Morgan fingerprint density at radius 1 is 1.64 bits per heavy atom. The van der Waals surface area contributed by atoms with E-state index in [0.717, 1.165) is 0 Å². The van der Waals surface area contributed by atoms with Gasteiger partial charge < -0.3 is 10.5 Å². The Morgan fingerprint density at radius 2 is 2.29 bits per heavy atom. The Balaban J connectivity index is 3.13. The molecule has 1 aromatic carbocycles. The molecule has 0 atom stereocenters. The number of benzene rings is 1. The van der Waals surface area contributed by atoms with E-state index in [1.165, 1.54) is 12.1 Å². The van der Waals surface area contributed by atoms with Crippen molar-refractivity contribution in [2.45, 2.75) is 6.92 Å². The molecule has 0 aromatic heterocycles. The normalized spacial score (nSPS) is 9.93. The summed E-state index contributed by atoms with van der Waals surface area (Å²) in [5.74, 6) is -1.56. The molecule has 0 bridgehead atoms. The van der Waals surface area contributed by atoms with E-state index < -0.39 is 11.8 Å². The summed E-state index contributed by atoms with van der Waals surface area (Å²) < 4.78 is 17.9. The van der Waals surface area contributed by atoms with Crippen molar-refractivity contribution in [3.8, 4) is 0 Å². The molecule has 0 fully saturated rings. The van der Waals surface area contributed by atoms with E-state index in [1.807, 2.05) is 0 Å². The van der Waals surface area contributed by atoms with Crippen molar-refractivity contribution < 1.29 is 13.9 Å². The first kappa shape index (κ1) is 10.8. The molecule has 0 aliphatic heterocycles. The maximum atomic E-state index is 13.3. The van der Waals surface area contributed by atoms with Gasteiger partial charge in [0.1, 0.15) is 0 Å². The van der Waals surface area contributed by atoms with Crippen LogP contribution in [0.5, 0.6) is 0 Å². The monoisotopic (exact) mass is 217 g/mol. The first-order valence-corrected chi connectivity index (χ1v) is 4.35. The summed E-state index contributed by atoms with van der Waals surface area (Å²) in [4.78, 5) is 11.2.